The first-order valence-corrected chi connectivity index (χ1v) is 10.6. The Morgan fingerprint density at radius 1 is 1.11 bits per heavy atom. The Bertz CT molecular complexity index is 562. The number of nitrogens with zero attached hydrogens (tertiary/aromatic N) is 4. The molecule has 0 radical (unpaired) electrons. The molecule has 1 saturated heterocycles. The normalized spacial score (nSPS) is 16.0. The van der Waals surface area contributed by atoms with E-state index >= 15 is 0 Å². The fourth-order valence-electron chi connectivity index (χ4n) is 3.36. The van der Waals surface area contributed by atoms with Gasteiger partial charge in [0.15, 0.2) is 5.96 Å². The highest BCUT2D eigenvalue weighted by Gasteiger charge is 2.16. The monoisotopic (exact) mass is 374 g/mol. The van der Waals surface area contributed by atoms with Crippen molar-refractivity contribution in [2.45, 2.75) is 47.1 Å². The van der Waals surface area contributed by atoms with E-state index in [9.17, 15) is 0 Å². The van der Waals surface area contributed by atoms with Crippen molar-refractivity contribution in [2.75, 3.05) is 50.7 Å². The van der Waals surface area contributed by atoms with Crippen LogP contribution in [0.2, 0.25) is 0 Å². The third kappa shape index (κ3) is 7.01. The Morgan fingerprint density at radius 2 is 1.85 bits per heavy atom. The van der Waals surface area contributed by atoms with E-state index in [0.29, 0.717) is 12.5 Å². The highest BCUT2D eigenvalue weighted by molar-refractivity contribution is 5.79. The van der Waals surface area contributed by atoms with Crippen LogP contribution >= 0.6 is 0 Å². The van der Waals surface area contributed by atoms with Crippen LogP contribution in [0.25, 0.3) is 0 Å². The summed E-state index contributed by atoms with van der Waals surface area (Å²) in [7, 11) is 0. The summed E-state index contributed by atoms with van der Waals surface area (Å²) < 4.78 is 0. The molecule has 0 amide bonds. The number of anilines is 1. The van der Waals surface area contributed by atoms with E-state index in [1.165, 1.54) is 18.4 Å². The Hall–Kier alpha value is -1.82. The molecule has 6 nitrogen and oxygen atoms in total. The van der Waals surface area contributed by atoms with Crippen molar-refractivity contribution in [2.24, 2.45) is 10.9 Å². The first-order chi connectivity index (χ1) is 13.2. The van der Waals surface area contributed by atoms with Gasteiger partial charge in [-0.05, 0) is 37.1 Å². The number of hydrogen-bond acceptors (Lipinski definition) is 4. The molecular weight excluding hydrogens is 336 g/mol. The van der Waals surface area contributed by atoms with Crippen LogP contribution in [-0.4, -0.2) is 61.7 Å². The van der Waals surface area contributed by atoms with E-state index in [4.69, 9.17) is 4.99 Å². The summed E-state index contributed by atoms with van der Waals surface area (Å²) in [5.74, 6) is 2.68. The quantitative estimate of drug-likeness (QED) is 0.514. The molecule has 2 heterocycles. The van der Waals surface area contributed by atoms with E-state index in [-0.39, 0.29) is 0 Å². The van der Waals surface area contributed by atoms with Gasteiger partial charge in [0.2, 0.25) is 0 Å². The van der Waals surface area contributed by atoms with Crippen molar-refractivity contribution in [3.8, 4) is 0 Å². The molecule has 1 aliphatic heterocycles. The van der Waals surface area contributed by atoms with Crippen LogP contribution in [-0.2, 0) is 6.54 Å². The van der Waals surface area contributed by atoms with Gasteiger partial charge >= 0.3 is 0 Å². The van der Waals surface area contributed by atoms with Crippen LogP contribution in [0.1, 0.15) is 46.1 Å². The van der Waals surface area contributed by atoms with Crippen molar-refractivity contribution in [1.82, 2.24) is 20.5 Å². The molecule has 0 spiro atoms. The summed E-state index contributed by atoms with van der Waals surface area (Å²) in [4.78, 5) is 14.2. The summed E-state index contributed by atoms with van der Waals surface area (Å²) in [5, 5.41) is 6.84. The highest BCUT2D eigenvalue weighted by Crippen LogP contribution is 2.15. The fraction of sp³-hybridized carbons (Fsp3) is 0.714. The molecule has 1 aliphatic rings. The van der Waals surface area contributed by atoms with Crippen molar-refractivity contribution in [1.29, 1.82) is 0 Å². The van der Waals surface area contributed by atoms with Crippen LogP contribution in [0, 0.1) is 5.92 Å². The molecule has 0 unspecified atom stereocenters. The third-order valence-electron chi connectivity index (χ3n) is 5.43. The van der Waals surface area contributed by atoms with Gasteiger partial charge in [-0.2, -0.15) is 0 Å². The summed E-state index contributed by atoms with van der Waals surface area (Å²) >= 11 is 0. The molecule has 0 aromatic carbocycles. The topological polar surface area (TPSA) is 55.8 Å². The number of rotatable bonds is 9. The maximum absolute atomic E-state index is 4.78. The Balaban J connectivity index is 1.95. The lowest BCUT2D eigenvalue weighted by molar-refractivity contribution is 0.270. The van der Waals surface area contributed by atoms with Gasteiger partial charge in [0.25, 0.3) is 0 Å². The van der Waals surface area contributed by atoms with Gasteiger partial charge in [0.1, 0.15) is 5.82 Å². The van der Waals surface area contributed by atoms with Crippen LogP contribution in [0.5, 0.6) is 0 Å². The van der Waals surface area contributed by atoms with Crippen LogP contribution in [0.4, 0.5) is 5.82 Å². The SMILES string of the molecule is CCNC(=NCc1ccnc(N2CCN(CC)CC2)c1)NCC(CC)CC. The number of aliphatic imine (C=N–C) groups is 1. The second-order valence-electron chi connectivity index (χ2n) is 7.20. The average Bonchev–Trinajstić information content (AvgIpc) is 2.73. The number of pyridine rings is 1. The fourth-order valence-corrected chi connectivity index (χ4v) is 3.36. The Labute approximate surface area is 165 Å². The standard InChI is InChI=1S/C21H38N6/c1-5-18(6-2)16-24-21(22-7-3)25-17-19-9-10-23-20(15-19)27-13-11-26(8-4)12-14-27/h9-10,15,18H,5-8,11-14,16-17H2,1-4H3,(H2,22,24,25). The molecule has 0 atom stereocenters. The number of guanidine groups is 1. The van der Waals surface area contributed by atoms with Gasteiger partial charge < -0.3 is 20.4 Å². The van der Waals surface area contributed by atoms with E-state index in [1.54, 1.807) is 0 Å². The second-order valence-corrected chi connectivity index (χ2v) is 7.20. The van der Waals surface area contributed by atoms with Crippen molar-refractivity contribution in [3.63, 3.8) is 0 Å². The van der Waals surface area contributed by atoms with E-state index in [0.717, 1.165) is 57.6 Å². The highest BCUT2D eigenvalue weighted by atomic mass is 15.3. The van der Waals surface area contributed by atoms with Crippen molar-refractivity contribution >= 4 is 11.8 Å². The molecule has 1 fully saturated rings. The molecule has 0 saturated carbocycles. The summed E-state index contributed by atoms with van der Waals surface area (Å²) in [6.07, 6.45) is 4.31. The van der Waals surface area contributed by atoms with E-state index in [1.807, 2.05) is 6.20 Å². The first-order valence-electron chi connectivity index (χ1n) is 10.6. The molecule has 2 N–H and O–H groups in total. The van der Waals surface area contributed by atoms with Gasteiger partial charge in [-0.25, -0.2) is 9.98 Å². The van der Waals surface area contributed by atoms with Crippen molar-refractivity contribution < 1.29 is 0 Å². The summed E-state index contributed by atoms with van der Waals surface area (Å²) in [6.45, 7) is 16.8. The molecule has 0 aliphatic carbocycles. The van der Waals surface area contributed by atoms with Gasteiger partial charge in [-0.3, -0.25) is 0 Å². The van der Waals surface area contributed by atoms with Gasteiger partial charge in [-0.15, -0.1) is 0 Å². The maximum atomic E-state index is 4.78. The maximum Gasteiger partial charge on any atom is 0.191 e. The predicted octanol–water partition coefficient (Wildman–Crippen LogP) is 2.71. The van der Waals surface area contributed by atoms with E-state index in [2.05, 4.69) is 65.2 Å². The van der Waals surface area contributed by atoms with E-state index < -0.39 is 0 Å². The number of hydrogen-bond donors (Lipinski definition) is 2. The molecule has 6 heteroatoms. The van der Waals surface area contributed by atoms with Crippen molar-refractivity contribution in [3.05, 3.63) is 23.9 Å². The van der Waals surface area contributed by atoms with Crippen LogP contribution in [0.3, 0.4) is 0 Å². The molecule has 2 rings (SSSR count). The Morgan fingerprint density at radius 3 is 2.48 bits per heavy atom. The number of aromatic nitrogens is 1. The molecular formula is C21H38N6. The summed E-state index contributed by atoms with van der Waals surface area (Å²) in [6, 6.07) is 4.26. The summed E-state index contributed by atoms with van der Waals surface area (Å²) in [5.41, 5.74) is 1.21. The molecule has 1 aromatic heterocycles. The minimum absolute atomic E-state index is 0.669. The zero-order chi connectivity index (χ0) is 19.5. The lowest BCUT2D eigenvalue weighted by atomic mass is 10.0. The molecule has 152 valence electrons. The lowest BCUT2D eigenvalue weighted by Gasteiger charge is -2.34. The molecule has 27 heavy (non-hydrogen) atoms. The Kier molecular flexibility index (Phi) is 9.39. The minimum atomic E-state index is 0.669. The van der Waals surface area contributed by atoms with Crippen LogP contribution < -0.4 is 15.5 Å². The molecule has 1 aromatic rings. The van der Waals surface area contributed by atoms with Gasteiger partial charge in [0, 0.05) is 45.5 Å². The van der Waals surface area contributed by atoms with Crippen LogP contribution in [0.15, 0.2) is 23.3 Å². The smallest absolute Gasteiger partial charge is 0.191 e. The second kappa shape index (κ2) is 11.8. The number of nitrogens with one attached hydrogen (secondary N) is 2. The van der Waals surface area contributed by atoms with Gasteiger partial charge in [-0.1, -0.05) is 33.6 Å². The molecule has 0 bridgehead atoms. The zero-order valence-electron chi connectivity index (χ0n) is 17.7. The average molecular weight is 375 g/mol. The predicted molar refractivity (Wildman–Crippen MR) is 115 cm³/mol. The lowest BCUT2D eigenvalue weighted by Crippen LogP contribution is -2.46. The third-order valence-corrected chi connectivity index (χ3v) is 5.43. The minimum Gasteiger partial charge on any atom is -0.357 e. The largest absolute Gasteiger partial charge is 0.357 e. The first kappa shape index (κ1) is 21.5. The number of likely N-dealkylation sites (N-methyl/N-ethyl adjacent to an activating group) is 1. The zero-order valence-corrected chi connectivity index (χ0v) is 17.7. The van der Waals surface area contributed by atoms with Gasteiger partial charge in [0.05, 0.1) is 6.54 Å². The number of piperazine rings is 1.